The van der Waals surface area contributed by atoms with Gasteiger partial charge in [-0.3, -0.25) is 0 Å². The Labute approximate surface area is 99.4 Å². The lowest BCUT2D eigenvalue weighted by Crippen LogP contribution is -2.25. The molecule has 1 aliphatic heterocycles. The van der Waals surface area contributed by atoms with Crippen LogP contribution < -0.4 is 9.64 Å². The van der Waals surface area contributed by atoms with Crippen LogP contribution in [-0.2, 0) is 0 Å². The molecule has 0 aliphatic carbocycles. The average molecular weight is 270 g/mol. The van der Waals surface area contributed by atoms with Crippen LogP contribution in [0.4, 0.5) is 5.69 Å². The summed E-state index contributed by atoms with van der Waals surface area (Å²) in [7, 11) is 0. The fourth-order valence-electron chi connectivity index (χ4n) is 1.88. The maximum atomic E-state index is 5.71. The first-order valence-corrected chi connectivity index (χ1v) is 6.56. The van der Waals surface area contributed by atoms with Crippen LogP contribution in [0.3, 0.4) is 0 Å². The Bertz CT molecular complexity index is 316. The molecule has 3 heteroatoms. The third kappa shape index (κ3) is 2.65. The highest BCUT2D eigenvalue weighted by molar-refractivity contribution is 9.09. The zero-order valence-electron chi connectivity index (χ0n) is 8.79. The Morgan fingerprint density at radius 2 is 2.20 bits per heavy atom. The summed E-state index contributed by atoms with van der Waals surface area (Å²) in [5.74, 6) is 1.03. The van der Waals surface area contributed by atoms with E-state index in [0.717, 1.165) is 37.2 Å². The van der Waals surface area contributed by atoms with Crippen molar-refractivity contribution in [3.8, 4) is 5.75 Å². The van der Waals surface area contributed by atoms with Crippen LogP contribution >= 0.6 is 15.9 Å². The number of halogens is 1. The van der Waals surface area contributed by atoms with E-state index in [2.05, 4.69) is 39.0 Å². The van der Waals surface area contributed by atoms with Crippen LogP contribution in [0.1, 0.15) is 12.8 Å². The first kappa shape index (κ1) is 10.8. The molecule has 0 amide bonds. The second kappa shape index (κ2) is 5.40. The molecule has 0 spiro atoms. The largest absolute Gasteiger partial charge is 0.491 e. The standard InChI is InChI=1S/C12H16BrNO/c13-7-3-8-14-9-4-10-15-12-6-2-1-5-11(12)14/h1-2,5-6H,3-4,7-10H2. The number of fused-ring (bicyclic) bond motifs is 1. The summed E-state index contributed by atoms with van der Waals surface area (Å²) in [5.41, 5.74) is 1.25. The second-order valence-electron chi connectivity index (χ2n) is 3.70. The SMILES string of the molecule is BrCCCN1CCCOc2ccccc21. The average Bonchev–Trinajstić information content (AvgIpc) is 2.49. The minimum absolute atomic E-state index is 0.835. The Morgan fingerprint density at radius 3 is 3.07 bits per heavy atom. The number of nitrogens with zero attached hydrogens (tertiary/aromatic N) is 1. The van der Waals surface area contributed by atoms with Crippen molar-refractivity contribution in [1.29, 1.82) is 0 Å². The van der Waals surface area contributed by atoms with Crippen molar-refractivity contribution in [2.24, 2.45) is 0 Å². The van der Waals surface area contributed by atoms with Crippen molar-refractivity contribution in [3.63, 3.8) is 0 Å². The van der Waals surface area contributed by atoms with Crippen molar-refractivity contribution in [1.82, 2.24) is 0 Å². The molecule has 0 unspecified atom stereocenters. The molecule has 1 aromatic carbocycles. The van der Waals surface area contributed by atoms with Gasteiger partial charge in [-0.2, -0.15) is 0 Å². The maximum absolute atomic E-state index is 5.71. The molecule has 0 radical (unpaired) electrons. The number of hydrogen-bond donors (Lipinski definition) is 0. The second-order valence-corrected chi connectivity index (χ2v) is 4.49. The summed E-state index contributed by atoms with van der Waals surface area (Å²) in [6, 6.07) is 8.32. The Morgan fingerprint density at radius 1 is 1.33 bits per heavy atom. The molecule has 0 bridgehead atoms. The lowest BCUT2D eigenvalue weighted by atomic mass is 10.2. The van der Waals surface area contributed by atoms with E-state index >= 15 is 0 Å². The molecule has 15 heavy (non-hydrogen) atoms. The number of rotatable bonds is 3. The van der Waals surface area contributed by atoms with Crippen LogP contribution in [-0.4, -0.2) is 25.0 Å². The van der Waals surface area contributed by atoms with Gasteiger partial charge in [-0.1, -0.05) is 28.1 Å². The molecule has 0 atom stereocenters. The van der Waals surface area contributed by atoms with Crippen LogP contribution in [0.2, 0.25) is 0 Å². The van der Waals surface area contributed by atoms with Crippen molar-refractivity contribution in [2.75, 3.05) is 29.9 Å². The molecule has 0 N–H and O–H groups in total. The van der Waals surface area contributed by atoms with E-state index in [1.165, 1.54) is 12.1 Å². The third-order valence-electron chi connectivity index (χ3n) is 2.60. The summed E-state index contributed by atoms with van der Waals surface area (Å²) in [6.45, 7) is 3.04. The van der Waals surface area contributed by atoms with Gasteiger partial charge >= 0.3 is 0 Å². The van der Waals surface area contributed by atoms with Gasteiger partial charge in [0.05, 0.1) is 12.3 Å². The monoisotopic (exact) mass is 269 g/mol. The Balaban J connectivity index is 2.17. The van der Waals surface area contributed by atoms with E-state index in [0.29, 0.717) is 0 Å². The molecule has 1 aliphatic rings. The van der Waals surface area contributed by atoms with Gasteiger partial charge in [0, 0.05) is 18.4 Å². The lowest BCUT2D eigenvalue weighted by molar-refractivity contribution is 0.322. The van der Waals surface area contributed by atoms with Gasteiger partial charge in [0.15, 0.2) is 0 Å². The van der Waals surface area contributed by atoms with Crippen molar-refractivity contribution < 1.29 is 4.74 Å². The topological polar surface area (TPSA) is 12.5 Å². The number of anilines is 1. The van der Waals surface area contributed by atoms with Crippen molar-refractivity contribution in [2.45, 2.75) is 12.8 Å². The molecule has 0 saturated carbocycles. The van der Waals surface area contributed by atoms with Crippen LogP contribution in [0, 0.1) is 0 Å². The molecule has 0 aromatic heterocycles. The van der Waals surface area contributed by atoms with E-state index in [1.807, 2.05) is 6.07 Å². The van der Waals surface area contributed by atoms with Gasteiger partial charge in [0.1, 0.15) is 5.75 Å². The van der Waals surface area contributed by atoms with Gasteiger partial charge in [-0.15, -0.1) is 0 Å². The van der Waals surface area contributed by atoms with Gasteiger partial charge < -0.3 is 9.64 Å². The third-order valence-corrected chi connectivity index (χ3v) is 3.16. The maximum Gasteiger partial charge on any atom is 0.142 e. The molecule has 2 rings (SSSR count). The van der Waals surface area contributed by atoms with Crippen LogP contribution in [0.25, 0.3) is 0 Å². The highest BCUT2D eigenvalue weighted by Crippen LogP contribution is 2.30. The summed E-state index contributed by atoms with van der Waals surface area (Å²) in [6.07, 6.45) is 2.28. The van der Waals surface area contributed by atoms with E-state index in [-0.39, 0.29) is 0 Å². The lowest BCUT2D eigenvalue weighted by Gasteiger charge is -2.23. The zero-order valence-corrected chi connectivity index (χ0v) is 10.4. The van der Waals surface area contributed by atoms with E-state index in [9.17, 15) is 0 Å². The predicted octanol–water partition coefficient (Wildman–Crippen LogP) is 3.06. The molecule has 1 heterocycles. The summed E-state index contributed by atoms with van der Waals surface area (Å²) in [4.78, 5) is 2.42. The number of alkyl halides is 1. The number of benzene rings is 1. The van der Waals surface area contributed by atoms with E-state index < -0.39 is 0 Å². The number of hydrogen-bond acceptors (Lipinski definition) is 2. The summed E-state index contributed by atoms with van der Waals surface area (Å²) >= 11 is 3.48. The van der Waals surface area contributed by atoms with Crippen LogP contribution in [0.15, 0.2) is 24.3 Å². The number of ether oxygens (including phenoxy) is 1. The van der Waals surface area contributed by atoms with Gasteiger partial charge in [-0.25, -0.2) is 0 Å². The van der Waals surface area contributed by atoms with Crippen molar-refractivity contribution >= 4 is 21.6 Å². The molecular formula is C12H16BrNO. The van der Waals surface area contributed by atoms with Gasteiger partial charge in [0.2, 0.25) is 0 Å². The minimum atomic E-state index is 0.835. The van der Waals surface area contributed by atoms with E-state index in [4.69, 9.17) is 4.74 Å². The molecule has 0 fully saturated rings. The molecule has 1 aromatic rings. The predicted molar refractivity (Wildman–Crippen MR) is 67.2 cm³/mol. The molecule has 0 saturated heterocycles. The van der Waals surface area contributed by atoms with Gasteiger partial charge in [0.25, 0.3) is 0 Å². The first-order chi connectivity index (χ1) is 7.42. The Hall–Kier alpha value is -0.700. The highest BCUT2D eigenvalue weighted by Gasteiger charge is 2.14. The smallest absolute Gasteiger partial charge is 0.142 e. The molecule has 82 valence electrons. The number of para-hydroxylation sites is 2. The van der Waals surface area contributed by atoms with E-state index in [1.54, 1.807) is 0 Å². The highest BCUT2D eigenvalue weighted by atomic mass is 79.9. The fourth-order valence-corrected chi connectivity index (χ4v) is 2.13. The molecule has 2 nitrogen and oxygen atoms in total. The quantitative estimate of drug-likeness (QED) is 0.783. The minimum Gasteiger partial charge on any atom is -0.491 e. The first-order valence-electron chi connectivity index (χ1n) is 5.44. The zero-order chi connectivity index (χ0) is 10.5. The summed E-state index contributed by atoms with van der Waals surface area (Å²) < 4.78 is 5.71. The normalized spacial score (nSPS) is 15.4. The van der Waals surface area contributed by atoms with Crippen LogP contribution in [0.5, 0.6) is 5.75 Å². The van der Waals surface area contributed by atoms with Crippen molar-refractivity contribution in [3.05, 3.63) is 24.3 Å². The molecular weight excluding hydrogens is 254 g/mol. The summed E-state index contributed by atoms with van der Waals surface area (Å²) in [5, 5.41) is 1.06. The fraction of sp³-hybridized carbons (Fsp3) is 0.500. The van der Waals surface area contributed by atoms with Gasteiger partial charge in [-0.05, 0) is 25.0 Å². The Kier molecular flexibility index (Phi) is 3.89.